The van der Waals surface area contributed by atoms with Crippen LogP contribution in [0.25, 0.3) is 0 Å². The minimum absolute atomic E-state index is 0.0433. The predicted molar refractivity (Wildman–Crippen MR) is 105 cm³/mol. The van der Waals surface area contributed by atoms with Crippen LogP contribution in [0.4, 0.5) is 0 Å². The first-order valence-electron chi connectivity index (χ1n) is 9.34. The quantitative estimate of drug-likeness (QED) is 0.416. The number of nitrogens with zero attached hydrogens (tertiary/aromatic N) is 1. The number of thioether (sulfide) groups is 1. The Morgan fingerprint density at radius 1 is 1.30 bits per heavy atom. The molecule has 0 spiro atoms. The van der Waals surface area contributed by atoms with E-state index in [9.17, 15) is 24.3 Å². The molecule has 2 saturated heterocycles. The average Bonchev–Trinajstić information content (AvgIpc) is 3.28. The largest absolute Gasteiger partial charge is 0.484 e. The highest BCUT2D eigenvalue weighted by molar-refractivity contribution is 8.00. The molecular formula is C19H22N2O8S. The van der Waals surface area contributed by atoms with Crippen LogP contribution in [0.2, 0.25) is 0 Å². The van der Waals surface area contributed by atoms with Crippen LogP contribution >= 0.6 is 11.8 Å². The number of amides is 2. The minimum Gasteiger partial charge on any atom is -0.484 e. The van der Waals surface area contributed by atoms with Crippen molar-refractivity contribution in [1.82, 2.24) is 10.2 Å². The normalized spacial score (nSPS) is 24.1. The molecule has 30 heavy (non-hydrogen) atoms. The van der Waals surface area contributed by atoms with Gasteiger partial charge in [0.1, 0.15) is 23.3 Å². The number of benzene rings is 1. The molecule has 4 atom stereocenters. The molecule has 3 N–H and O–H groups in total. The zero-order chi connectivity index (χ0) is 21.7. The van der Waals surface area contributed by atoms with Gasteiger partial charge in [0.05, 0.1) is 5.75 Å². The van der Waals surface area contributed by atoms with E-state index < -0.39 is 41.5 Å². The summed E-state index contributed by atoms with van der Waals surface area (Å²) in [7, 11) is 0. The van der Waals surface area contributed by atoms with Crippen LogP contribution in [0.5, 0.6) is 5.75 Å². The van der Waals surface area contributed by atoms with E-state index in [4.69, 9.17) is 14.6 Å². The topological polar surface area (TPSA) is 142 Å². The molecule has 3 rings (SSSR count). The van der Waals surface area contributed by atoms with Gasteiger partial charge in [-0.25, -0.2) is 4.79 Å². The third kappa shape index (κ3) is 5.10. The number of nitrogens with one attached hydrogen (secondary N) is 1. The number of carbonyl (C=O) groups is 4. The maximum Gasteiger partial charge on any atom is 0.354 e. The molecule has 0 aromatic heterocycles. The van der Waals surface area contributed by atoms with E-state index in [0.717, 1.165) is 23.1 Å². The summed E-state index contributed by atoms with van der Waals surface area (Å²) in [5, 5.41) is 20.4. The lowest BCUT2D eigenvalue weighted by Gasteiger charge is -2.47. The Bertz CT molecular complexity index is 799. The summed E-state index contributed by atoms with van der Waals surface area (Å²) in [4.78, 5) is 48.6. The molecule has 162 valence electrons. The number of para-hydroxylation sites is 1. The monoisotopic (exact) mass is 438 g/mol. The number of carboxylic acid groups (broad SMARTS) is 1. The maximum atomic E-state index is 12.4. The number of Topliss-reactive ketones (excluding diaryl/α,β-unsaturated/α-hetero) is 1. The number of aliphatic hydroxyl groups is 1. The molecule has 0 bridgehead atoms. The third-order valence-corrected chi connectivity index (χ3v) is 5.97. The van der Waals surface area contributed by atoms with Crippen LogP contribution in [0.3, 0.4) is 0 Å². The van der Waals surface area contributed by atoms with Gasteiger partial charge in [-0.3, -0.25) is 19.3 Å². The molecule has 2 fully saturated rings. The van der Waals surface area contributed by atoms with Crippen molar-refractivity contribution in [2.24, 2.45) is 0 Å². The van der Waals surface area contributed by atoms with Crippen LogP contribution in [0.1, 0.15) is 12.8 Å². The number of ether oxygens (including phenoxy) is 2. The lowest BCUT2D eigenvalue weighted by atomic mass is 10.1. The molecule has 0 saturated carbocycles. The van der Waals surface area contributed by atoms with E-state index in [2.05, 4.69) is 5.32 Å². The molecule has 2 aliphatic rings. The van der Waals surface area contributed by atoms with Crippen molar-refractivity contribution in [3.05, 3.63) is 30.3 Å². The van der Waals surface area contributed by atoms with Gasteiger partial charge in [-0.1, -0.05) is 18.2 Å². The van der Waals surface area contributed by atoms with Crippen LogP contribution in [0.15, 0.2) is 30.3 Å². The minimum atomic E-state index is -2.07. The van der Waals surface area contributed by atoms with E-state index in [1.54, 1.807) is 30.3 Å². The van der Waals surface area contributed by atoms with Crippen molar-refractivity contribution in [3.63, 3.8) is 0 Å². The summed E-state index contributed by atoms with van der Waals surface area (Å²) >= 11 is 0.977. The smallest absolute Gasteiger partial charge is 0.354 e. The first kappa shape index (κ1) is 22.1. The van der Waals surface area contributed by atoms with Gasteiger partial charge in [-0.15, -0.1) is 11.8 Å². The summed E-state index contributed by atoms with van der Waals surface area (Å²) < 4.78 is 10.7. The second-order valence-corrected chi connectivity index (χ2v) is 7.88. The van der Waals surface area contributed by atoms with Gasteiger partial charge < -0.3 is 25.0 Å². The van der Waals surface area contributed by atoms with Crippen molar-refractivity contribution >= 4 is 35.3 Å². The van der Waals surface area contributed by atoms with Gasteiger partial charge in [0.15, 0.2) is 12.4 Å². The van der Waals surface area contributed by atoms with E-state index in [-0.39, 0.29) is 18.1 Å². The average molecular weight is 438 g/mol. The van der Waals surface area contributed by atoms with Crippen LogP contribution in [0, 0.1) is 0 Å². The Hall–Kier alpha value is -2.63. The van der Waals surface area contributed by atoms with E-state index in [0.29, 0.717) is 18.8 Å². The fourth-order valence-electron chi connectivity index (χ4n) is 3.15. The van der Waals surface area contributed by atoms with Gasteiger partial charge in [0.2, 0.25) is 6.23 Å². The number of carboxylic acids is 1. The Labute approximate surface area is 176 Å². The molecule has 1 aromatic rings. The molecular weight excluding hydrogens is 416 g/mol. The lowest BCUT2D eigenvalue weighted by Crippen LogP contribution is -2.73. The number of hydrogen-bond donors (Lipinski definition) is 3. The van der Waals surface area contributed by atoms with Gasteiger partial charge in [0.25, 0.3) is 11.8 Å². The van der Waals surface area contributed by atoms with Gasteiger partial charge in [-0.2, -0.15) is 0 Å². The number of β-lactam (4-membered cyclic amide) rings is 1. The second kappa shape index (κ2) is 9.92. The number of likely N-dealkylation sites (tertiary alicyclic amines) is 1. The van der Waals surface area contributed by atoms with Gasteiger partial charge in [-0.05, 0) is 25.0 Å². The summed E-state index contributed by atoms with van der Waals surface area (Å²) in [6.07, 6.45) is -1.19. The highest BCUT2D eigenvalue weighted by Gasteiger charge is 2.53. The third-order valence-electron chi connectivity index (χ3n) is 4.68. The molecule has 10 nitrogen and oxygen atoms in total. The zero-order valence-corrected chi connectivity index (χ0v) is 16.7. The van der Waals surface area contributed by atoms with E-state index in [1.165, 1.54) is 0 Å². The SMILES string of the molecule is O=C(COc1ccccc1)N[C@@H]1C(=O)N([C@@H](O)C(=O)O)[C@@H]1SCC(=O)[C@H]1CCCO1. The van der Waals surface area contributed by atoms with Crippen LogP contribution in [-0.4, -0.2) is 81.4 Å². The maximum absolute atomic E-state index is 12.4. The molecule has 11 heteroatoms. The number of ketones is 1. The fraction of sp³-hybridized carbons (Fsp3) is 0.474. The first-order valence-corrected chi connectivity index (χ1v) is 10.4. The van der Waals surface area contributed by atoms with E-state index in [1.807, 2.05) is 0 Å². The summed E-state index contributed by atoms with van der Waals surface area (Å²) in [6.45, 7) is 0.161. The van der Waals surface area contributed by atoms with Crippen molar-refractivity contribution in [3.8, 4) is 5.75 Å². The molecule has 2 heterocycles. The second-order valence-electron chi connectivity index (χ2n) is 6.77. The molecule has 0 unspecified atom stereocenters. The number of rotatable bonds is 10. The molecule has 0 radical (unpaired) electrons. The molecule has 2 aliphatic heterocycles. The standard InChI is InChI=1S/C19H22N2O8S/c22-12(13-7-4-8-28-13)10-30-18-15(16(24)21(18)17(25)19(26)27)20-14(23)9-29-11-5-2-1-3-6-11/h1-3,5-6,13,15,17-18,25H,4,7-10H2,(H,20,23)(H,26,27)/t13-,15-,17+,18-/m1/s1. The predicted octanol–water partition coefficient (Wildman–Crippen LogP) is -0.397. The number of hydrogen-bond acceptors (Lipinski definition) is 8. The van der Waals surface area contributed by atoms with Crippen molar-refractivity contribution in [1.29, 1.82) is 0 Å². The Morgan fingerprint density at radius 3 is 2.67 bits per heavy atom. The summed E-state index contributed by atoms with van der Waals surface area (Å²) in [5.41, 5.74) is 0. The van der Waals surface area contributed by atoms with Crippen molar-refractivity contribution < 1.29 is 38.9 Å². The number of carbonyl (C=O) groups excluding carboxylic acids is 3. The Kier molecular flexibility index (Phi) is 7.29. The number of aliphatic carboxylic acids is 1. The fourth-order valence-corrected chi connectivity index (χ4v) is 4.43. The van der Waals surface area contributed by atoms with Crippen molar-refractivity contribution in [2.45, 2.75) is 36.6 Å². The van der Waals surface area contributed by atoms with Gasteiger partial charge in [0, 0.05) is 6.61 Å². The zero-order valence-electron chi connectivity index (χ0n) is 15.9. The molecule has 0 aliphatic carbocycles. The van der Waals surface area contributed by atoms with Gasteiger partial charge >= 0.3 is 5.97 Å². The summed E-state index contributed by atoms with van der Waals surface area (Å²) in [6, 6.07) is 7.54. The Balaban J connectivity index is 1.58. The van der Waals surface area contributed by atoms with Crippen LogP contribution in [-0.2, 0) is 23.9 Å². The highest BCUT2D eigenvalue weighted by Crippen LogP contribution is 2.32. The first-order chi connectivity index (χ1) is 14.4. The molecule has 2 amide bonds. The lowest BCUT2D eigenvalue weighted by molar-refractivity contribution is -0.178. The summed E-state index contributed by atoms with van der Waals surface area (Å²) in [5.74, 6) is -2.68. The molecule has 1 aromatic carbocycles. The number of aliphatic hydroxyl groups excluding tert-OH is 1. The highest BCUT2D eigenvalue weighted by atomic mass is 32.2. The van der Waals surface area contributed by atoms with E-state index >= 15 is 0 Å². The van der Waals surface area contributed by atoms with Crippen molar-refractivity contribution in [2.75, 3.05) is 19.0 Å². The van der Waals surface area contributed by atoms with Crippen LogP contribution < -0.4 is 10.1 Å². The Morgan fingerprint density at radius 2 is 2.03 bits per heavy atom.